The normalized spacial score (nSPS) is 13.5. The number of aliphatic hydroxyl groups is 1. The minimum atomic E-state index is -4.46. The second kappa shape index (κ2) is 9.28. The van der Waals surface area contributed by atoms with E-state index in [9.17, 15) is 27.8 Å². The van der Waals surface area contributed by atoms with Crippen molar-refractivity contribution in [1.82, 2.24) is 0 Å². The molecule has 0 aliphatic rings. The van der Waals surface area contributed by atoms with E-state index in [2.05, 4.69) is 5.32 Å². The summed E-state index contributed by atoms with van der Waals surface area (Å²) in [5, 5.41) is 23.3. The first-order chi connectivity index (χ1) is 13.4. The standard InChI is InChI=1S/C20H20ClF4NO2S/c1-4-5-16(18-10(2)15(22)9-13(11(3)27)19(18)28)26-12-6-7-17(14(21)8-12)29-20(23,24)25/h5-9,11,26-28H,4H2,1-3H3/b16-5+. The minimum Gasteiger partial charge on any atom is -0.507 e. The van der Waals surface area contributed by atoms with Crippen molar-refractivity contribution in [3.63, 3.8) is 0 Å². The van der Waals surface area contributed by atoms with E-state index in [1.54, 1.807) is 6.08 Å². The molecule has 1 atom stereocenters. The molecule has 0 bridgehead atoms. The van der Waals surface area contributed by atoms with E-state index in [1.165, 1.54) is 32.0 Å². The Kier molecular flexibility index (Phi) is 7.48. The highest BCUT2D eigenvalue weighted by molar-refractivity contribution is 8.00. The fraction of sp³-hybridized carbons (Fsp3) is 0.300. The van der Waals surface area contributed by atoms with E-state index >= 15 is 0 Å². The number of nitrogens with one attached hydrogen (secondary N) is 1. The van der Waals surface area contributed by atoms with Crippen LogP contribution in [0.2, 0.25) is 5.02 Å². The van der Waals surface area contributed by atoms with Gasteiger partial charge in [0.15, 0.2) is 0 Å². The van der Waals surface area contributed by atoms with Crippen LogP contribution in [0.4, 0.5) is 23.2 Å². The Balaban J connectivity index is 2.48. The van der Waals surface area contributed by atoms with Gasteiger partial charge in [-0.1, -0.05) is 24.6 Å². The Hall–Kier alpha value is -1.90. The molecule has 2 aromatic rings. The lowest BCUT2D eigenvalue weighted by atomic mass is 9.96. The zero-order valence-electron chi connectivity index (χ0n) is 15.9. The van der Waals surface area contributed by atoms with Crippen LogP contribution >= 0.6 is 23.4 Å². The van der Waals surface area contributed by atoms with E-state index in [0.29, 0.717) is 17.8 Å². The topological polar surface area (TPSA) is 52.5 Å². The first-order valence-corrected chi connectivity index (χ1v) is 9.86. The number of anilines is 1. The molecule has 29 heavy (non-hydrogen) atoms. The smallest absolute Gasteiger partial charge is 0.446 e. The maximum atomic E-state index is 14.4. The van der Waals surface area contributed by atoms with Crippen molar-refractivity contribution in [3.8, 4) is 5.75 Å². The summed E-state index contributed by atoms with van der Waals surface area (Å²) in [6.07, 6.45) is 1.12. The van der Waals surface area contributed by atoms with Crippen molar-refractivity contribution >= 4 is 34.7 Å². The molecule has 3 N–H and O–H groups in total. The van der Waals surface area contributed by atoms with Gasteiger partial charge in [-0.3, -0.25) is 0 Å². The van der Waals surface area contributed by atoms with Gasteiger partial charge in [-0.25, -0.2) is 4.39 Å². The van der Waals surface area contributed by atoms with Gasteiger partial charge >= 0.3 is 5.51 Å². The number of phenols is 1. The van der Waals surface area contributed by atoms with Crippen molar-refractivity contribution in [1.29, 1.82) is 0 Å². The molecule has 0 amide bonds. The molecule has 1 unspecified atom stereocenters. The van der Waals surface area contributed by atoms with E-state index in [-0.39, 0.29) is 44.1 Å². The van der Waals surface area contributed by atoms with Gasteiger partial charge in [0.1, 0.15) is 11.6 Å². The summed E-state index contributed by atoms with van der Waals surface area (Å²) >= 11 is 5.66. The molecule has 2 aromatic carbocycles. The molecule has 0 aromatic heterocycles. The first-order valence-electron chi connectivity index (χ1n) is 8.67. The minimum absolute atomic E-state index is 0.0295. The van der Waals surface area contributed by atoms with Gasteiger partial charge in [0, 0.05) is 27.4 Å². The third-order valence-electron chi connectivity index (χ3n) is 4.09. The zero-order valence-corrected chi connectivity index (χ0v) is 17.4. The Morgan fingerprint density at radius 1 is 1.31 bits per heavy atom. The lowest BCUT2D eigenvalue weighted by Crippen LogP contribution is -2.06. The van der Waals surface area contributed by atoms with Gasteiger partial charge in [-0.2, -0.15) is 13.2 Å². The molecule has 0 saturated carbocycles. The molecule has 0 aliphatic heterocycles. The summed E-state index contributed by atoms with van der Waals surface area (Å²) in [6.45, 7) is 4.72. The molecule has 9 heteroatoms. The van der Waals surface area contributed by atoms with Crippen LogP contribution in [0.15, 0.2) is 35.2 Å². The lowest BCUT2D eigenvalue weighted by Gasteiger charge is -2.20. The Labute approximate surface area is 175 Å². The van der Waals surface area contributed by atoms with E-state index in [1.807, 2.05) is 6.92 Å². The summed E-state index contributed by atoms with van der Waals surface area (Å²) < 4.78 is 52.1. The highest BCUT2D eigenvalue weighted by Crippen LogP contribution is 2.42. The average Bonchev–Trinajstić information content (AvgIpc) is 2.59. The third-order valence-corrected chi connectivity index (χ3v) is 5.32. The molecule has 0 fully saturated rings. The van der Waals surface area contributed by atoms with Crippen LogP contribution in [-0.2, 0) is 0 Å². The van der Waals surface area contributed by atoms with Gasteiger partial charge in [0.2, 0.25) is 0 Å². The predicted octanol–water partition coefficient (Wildman–Crippen LogP) is 7.02. The molecular weight excluding hydrogens is 430 g/mol. The number of hydrogen-bond donors (Lipinski definition) is 3. The second-order valence-electron chi connectivity index (χ2n) is 6.32. The van der Waals surface area contributed by atoms with Crippen molar-refractivity contribution in [2.45, 2.75) is 43.7 Å². The molecule has 158 valence electrons. The number of phenolic OH excluding ortho intramolecular Hbond substituents is 1. The molecule has 0 saturated heterocycles. The quantitative estimate of drug-likeness (QED) is 0.327. The molecule has 3 nitrogen and oxygen atoms in total. The first kappa shape index (κ1) is 23.4. The lowest BCUT2D eigenvalue weighted by molar-refractivity contribution is -0.0328. The summed E-state index contributed by atoms with van der Waals surface area (Å²) in [4.78, 5) is -0.146. The average molecular weight is 450 g/mol. The molecule has 0 aliphatic carbocycles. The van der Waals surface area contributed by atoms with E-state index in [0.717, 1.165) is 6.07 Å². The Morgan fingerprint density at radius 3 is 2.48 bits per heavy atom. The molecule has 0 spiro atoms. The SMILES string of the molecule is CC/C=C(/Nc1ccc(SC(F)(F)F)c(Cl)c1)c1c(C)c(F)cc(C(C)O)c1O. The number of aliphatic hydroxyl groups excluding tert-OH is 1. The highest BCUT2D eigenvalue weighted by atomic mass is 35.5. The fourth-order valence-corrected chi connectivity index (χ4v) is 3.60. The van der Waals surface area contributed by atoms with Crippen molar-refractivity contribution < 1.29 is 27.8 Å². The van der Waals surface area contributed by atoms with Gasteiger partial charge in [-0.05, 0) is 61.9 Å². The molecule has 0 radical (unpaired) electrons. The van der Waals surface area contributed by atoms with Gasteiger partial charge < -0.3 is 15.5 Å². The van der Waals surface area contributed by atoms with Crippen LogP contribution in [0.1, 0.15) is 43.1 Å². The monoisotopic (exact) mass is 449 g/mol. The Bertz CT molecular complexity index is 930. The predicted molar refractivity (Wildman–Crippen MR) is 109 cm³/mol. The van der Waals surface area contributed by atoms with Gasteiger partial charge in [0.05, 0.1) is 11.1 Å². The highest BCUT2D eigenvalue weighted by Gasteiger charge is 2.30. The number of alkyl halides is 3. The zero-order chi connectivity index (χ0) is 21.9. The molecular formula is C20H20ClF4NO2S. The van der Waals surface area contributed by atoms with E-state index < -0.39 is 17.4 Å². The number of allylic oxidation sites excluding steroid dienone is 1. The van der Waals surface area contributed by atoms with Gasteiger partial charge in [0.25, 0.3) is 0 Å². The number of aromatic hydroxyl groups is 1. The summed E-state index contributed by atoms with van der Waals surface area (Å²) in [6, 6.07) is 5.03. The number of benzene rings is 2. The number of rotatable bonds is 6. The van der Waals surface area contributed by atoms with Crippen LogP contribution < -0.4 is 5.32 Å². The van der Waals surface area contributed by atoms with Crippen LogP contribution in [0, 0.1) is 12.7 Å². The van der Waals surface area contributed by atoms with Crippen LogP contribution in [0.25, 0.3) is 5.70 Å². The molecule has 2 rings (SSSR count). The maximum Gasteiger partial charge on any atom is 0.446 e. The van der Waals surface area contributed by atoms with Crippen molar-refractivity contribution in [2.75, 3.05) is 5.32 Å². The number of hydrogen-bond acceptors (Lipinski definition) is 4. The summed E-state index contributed by atoms with van der Waals surface area (Å²) in [7, 11) is 0. The number of thioether (sulfide) groups is 1. The number of halogens is 5. The summed E-state index contributed by atoms with van der Waals surface area (Å²) in [5.74, 6) is -0.881. The van der Waals surface area contributed by atoms with Crippen LogP contribution in [0.5, 0.6) is 5.75 Å². The van der Waals surface area contributed by atoms with Crippen LogP contribution in [-0.4, -0.2) is 15.7 Å². The van der Waals surface area contributed by atoms with E-state index in [4.69, 9.17) is 11.6 Å². The molecule has 0 heterocycles. The van der Waals surface area contributed by atoms with Crippen LogP contribution in [0.3, 0.4) is 0 Å². The summed E-state index contributed by atoms with van der Waals surface area (Å²) in [5.41, 5.74) is -3.41. The second-order valence-corrected chi connectivity index (χ2v) is 7.83. The maximum absolute atomic E-state index is 14.4. The third kappa shape index (κ3) is 5.81. The Morgan fingerprint density at radius 2 is 1.97 bits per heavy atom. The largest absolute Gasteiger partial charge is 0.507 e. The van der Waals surface area contributed by atoms with Crippen molar-refractivity contribution in [2.24, 2.45) is 0 Å². The van der Waals surface area contributed by atoms with Crippen molar-refractivity contribution in [3.05, 3.63) is 57.9 Å². The fourth-order valence-electron chi connectivity index (χ4n) is 2.76. The van der Waals surface area contributed by atoms with Gasteiger partial charge in [-0.15, -0.1) is 0 Å².